The van der Waals surface area contributed by atoms with Crippen LogP contribution in [0.4, 0.5) is 4.39 Å². The predicted molar refractivity (Wildman–Crippen MR) is 79.2 cm³/mol. The first-order valence-corrected chi connectivity index (χ1v) is 7.52. The zero-order chi connectivity index (χ0) is 13.5. The zero-order valence-electron chi connectivity index (χ0n) is 11.5. The molecule has 0 bridgehead atoms. The molecule has 1 atom stereocenters. The number of rotatable bonds is 7. The van der Waals surface area contributed by atoms with Crippen LogP contribution in [-0.4, -0.2) is 6.54 Å². The molecule has 0 aliphatic carbocycles. The maximum absolute atomic E-state index is 13.6. The Bertz CT molecular complexity index is 366. The molecule has 0 aliphatic rings. The molecule has 1 rings (SSSR count). The Morgan fingerprint density at radius 3 is 2.56 bits per heavy atom. The van der Waals surface area contributed by atoms with E-state index in [2.05, 4.69) is 42.0 Å². The summed E-state index contributed by atoms with van der Waals surface area (Å²) in [7, 11) is 0. The topological polar surface area (TPSA) is 12.0 Å². The third-order valence-electron chi connectivity index (χ3n) is 3.07. The molecule has 1 aromatic carbocycles. The van der Waals surface area contributed by atoms with Gasteiger partial charge in [0, 0.05) is 6.04 Å². The molecule has 0 saturated carbocycles. The van der Waals surface area contributed by atoms with Gasteiger partial charge in [0.05, 0.1) is 4.47 Å². The first-order valence-electron chi connectivity index (χ1n) is 6.73. The van der Waals surface area contributed by atoms with Gasteiger partial charge < -0.3 is 5.32 Å². The summed E-state index contributed by atoms with van der Waals surface area (Å²) >= 11 is 3.19. The van der Waals surface area contributed by atoms with Gasteiger partial charge in [0.1, 0.15) is 5.82 Å². The minimum absolute atomic E-state index is 0.181. The molecule has 1 nitrogen and oxygen atoms in total. The lowest BCUT2D eigenvalue weighted by Gasteiger charge is -2.19. The second-order valence-corrected chi connectivity index (χ2v) is 5.96. The van der Waals surface area contributed by atoms with Crippen LogP contribution in [0, 0.1) is 11.7 Å². The summed E-state index contributed by atoms with van der Waals surface area (Å²) in [5.74, 6) is 0.549. The van der Waals surface area contributed by atoms with E-state index < -0.39 is 0 Å². The lowest BCUT2D eigenvalue weighted by atomic mass is 9.98. The Morgan fingerprint density at radius 1 is 1.28 bits per heavy atom. The van der Waals surface area contributed by atoms with Gasteiger partial charge in [-0.25, -0.2) is 4.39 Å². The molecule has 0 aromatic heterocycles. The van der Waals surface area contributed by atoms with Crippen LogP contribution < -0.4 is 5.32 Å². The maximum atomic E-state index is 13.6. The molecule has 0 fully saturated rings. The van der Waals surface area contributed by atoms with E-state index in [-0.39, 0.29) is 11.9 Å². The van der Waals surface area contributed by atoms with Crippen LogP contribution in [0.5, 0.6) is 0 Å². The third kappa shape index (κ3) is 5.07. The van der Waals surface area contributed by atoms with Gasteiger partial charge in [-0.2, -0.15) is 0 Å². The molecule has 0 heterocycles. The summed E-state index contributed by atoms with van der Waals surface area (Å²) in [6.45, 7) is 7.47. The molecule has 0 amide bonds. The van der Waals surface area contributed by atoms with Crippen molar-refractivity contribution in [1.82, 2.24) is 5.32 Å². The van der Waals surface area contributed by atoms with E-state index in [4.69, 9.17) is 0 Å². The van der Waals surface area contributed by atoms with Crippen LogP contribution >= 0.6 is 15.9 Å². The summed E-state index contributed by atoms with van der Waals surface area (Å²) < 4.78 is 14.1. The molecule has 1 unspecified atom stereocenters. The molecule has 18 heavy (non-hydrogen) atoms. The molecule has 0 saturated heterocycles. The van der Waals surface area contributed by atoms with Gasteiger partial charge in [0.25, 0.3) is 0 Å². The average Bonchev–Trinajstić information content (AvgIpc) is 2.31. The zero-order valence-corrected chi connectivity index (χ0v) is 13.1. The minimum atomic E-state index is -0.181. The molecule has 0 radical (unpaired) electrons. The highest BCUT2D eigenvalue weighted by Crippen LogP contribution is 2.24. The number of benzene rings is 1. The summed E-state index contributed by atoms with van der Waals surface area (Å²) in [6.07, 6.45) is 3.46. The van der Waals surface area contributed by atoms with Crippen LogP contribution in [-0.2, 0) is 0 Å². The number of halogens is 2. The Balaban J connectivity index is 2.67. The van der Waals surface area contributed by atoms with Crippen molar-refractivity contribution in [2.45, 2.75) is 46.1 Å². The minimum Gasteiger partial charge on any atom is -0.310 e. The SMILES string of the molecule is CCNC(CCCC(C)C)c1ccc(Br)c(F)c1. The van der Waals surface area contributed by atoms with Crippen LogP contribution in [0.15, 0.2) is 22.7 Å². The molecule has 0 aliphatic heterocycles. The molecule has 1 N–H and O–H groups in total. The van der Waals surface area contributed by atoms with Crippen LogP contribution in [0.25, 0.3) is 0 Å². The van der Waals surface area contributed by atoms with Crippen LogP contribution in [0.2, 0.25) is 0 Å². The number of nitrogens with one attached hydrogen (secondary N) is 1. The standard InChI is InChI=1S/C15H23BrFN/c1-4-18-15(7-5-6-11(2)3)12-8-9-13(16)14(17)10-12/h8-11,15,18H,4-7H2,1-3H3. The van der Waals surface area contributed by atoms with Gasteiger partial charge >= 0.3 is 0 Å². The fourth-order valence-electron chi connectivity index (χ4n) is 2.09. The van der Waals surface area contributed by atoms with Gasteiger partial charge in [-0.05, 0) is 52.5 Å². The Morgan fingerprint density at radius 2 is 2.00 bits per heavy atom. The van der Waals surface area contributed by atoms with Gasteiger partial charge in [0.2, 0.25) is 0 Å². The molecular formula is C15H23BrFN. The molecule has 0 spiro atoms. The van der Waals surface area contributed by atoms with Crippen molar-refractivity contribution in [3.8, 4) is 0 Å². The highest BCUT2D eigenvalue weighted by molar-refractivity contribution is 9.10. The molecule has 3 heteroatoms. The first-order chi connectivity index (χ1) is 8.54. The quantitative estimate of drug-likeness (QED) is 0.741. The Hall–Kier alpha value is -0.410. The molecule has 1 aromatic rings. The average molecular weight is 316 g/mol. The highest BCUT2D eigenvalue weighted by Gasteiger charge is 2.12. The van der Waals surface area contributed by atoms with E-state index in [0.717, 1.165) is 24.4 Å². The van der Waals surface area contributed by atoms with Gasteiger partial charge in [-0.3, -0.25) is 0 Å². The Kier molecular flexibility index (Phi) is 6.87. The fraction of sp³-hybridized carbons (Fsp3) is 0.600. The van der Waals surface area contributed by atoms with Crippen molar-refractivity contribution < 1.29 is 4.39 Å². The van der Waals surface area contributed by atoms with Crippen molar-refractivity contribution >= 4 is 15.9 Å². The van der Waals surface area contributed by atoms with E-state index >= 15 is 0 Å². The monoisotopic (exact) mass is 315 g/mol. The van der Waals surface area contributed by atoms with E-state index in [1.807, 2.05) is 6.07 Å². The predicted octanol–water partition coefficient (Wildman–Crippen LogP) is 5.07. The highest BCUT2D eigenvalue weighted by atomic mass is 79.9. The van der Waals surface area contributed by atoms with E-state index in [1.165, 1.54) is 12.8 Å². The number of hydrogen-bond acceptors (Lipinski definition) is 1. The number of hydrogen-bond donors (Lipinski definition) is 1. The van der Waals surface area contributed by atoms with E-state index in [1.54, 1.807) is 12.1 Å². The molecule has 102 valence electrons. The maximum Gasteiger partial charge on any atom is 0.137 e. The van der Waals surface area contributed by atoms with Gasteiger partial charge in [0.15, 0.2) is 0 Å². The van der Waals surface area contributed by atoms with Crippen molar-refractivity contribution in [3.63, 3.8) is 0 Å². The second-order valence-electron chi connectivity index (χ2n) is 5.11. The van der Waals surface area contributed by atoms with Gasteiger partial charge in [-0.1, -0.05) is 39.7 Å². The molecular weight excluding hydrogens is 293 g/mol. The van der Waals surface area contributed by atoms with Gasteiger partial charge in [-0.15, -0.1) is 0 Å². The van der Waals surface area contributed by atoms with Crippen LogP contribution in [0.1, 0.15) is 51.6 Å². The summed E-state index contributed by atoms with van der Waals surface area (Å²) in [6, 6.07) is 5.68. The lowest BCUT2D eigenvalue weighted by molar-refractivity contribution is 0.453. The van der Waals surface area contributed by atoms with E-state index in [0.29, 0.717) is 4.47 Å². The van der Waals surface area contributed by atoms with Crippen molar-refractivity contribution in [2.75, 3.05) is 6.54 Å². The third-order valence-corrected chi connectivity index (χ3v) is 3.71. The van der Waals surface area contributed by atoms with Crippen LogP contribution in [0.3, 0.4) is 0 Å². The van der Waals surface area contributed by atoms with Crippen molar-refractivity contribution in [1.29, 1.82) is 0 Å². The Labute approximate surface area is 118 Å². The fourth-order valence-corrected chi connectivity index (χ4v) is 2.34. The lowest BCUT2D eigenvalue weighted by Crippen LogP contribution is -2.21. The van der Waals surface area contributed by atoms with Crippen molar-refractivity contribution in [3.05, 3.63) is 34.1 Å². The second kappa shape index (κ2) is 7.90. The summed E-state index contributed by atoms with van der Waals surface area (Å²) in [4.78, 5) is 0. The normalized spacial score (nSPS) is 13.0. The largest absolute Gasteiger partial charge is 0.310 e. The van der Waals surface area contributed by atoms with Crippen molar-refractivity contribution in [2.24, 2.45) is 5.92 Å². The smallest absolute Gasteiger partial charge is 0.137 e. The first kappa shape index (κ1) is 15.6. The summed E-state index contributed by atoms with van der Waals surface area (Å²) in [5.41, 5.74) is 1.04. The summed E-state index contributed by atoms with van der Waals surface area (Å²) in [5, 5.41) is 3.44. The van der Waals surface area contributed by atoms with E-state index in [9.17, 15) is 4.39 Å².